The fraction of sp³-hybridized carbons (Fsp3) is 0.700. The van der Waals surface area contributed by atoms with Crippen LogP contribution >= 0.6 is 11.9 Å². The summed E-state index contributed by atoms with van der Waals surface area (Å²) in [6.45, 7) is 0. The number of amides is 1. The van der Waals surface area contributed by atoms with Crippen molar-refractivity contribution in [1.82, 2.24) is 4.72 Å². The van der Waals surface area contributed by atoms with Gasteiger partial charge in [-0.15, -0.1) is 0 Å². The molecule has 2 nitrogen and oxygen atoms in total. The van der Waals surface area contributed by atoms with Gasteiger partial charge in [-0.2, -0.15) is 13.2 Å². The number of carbonyl (C=O) groups is 1. The van der Waals surface area contributed by atoms with Gasteiger partial charge in [0.15, 0.2) is 0 Å². The molecule has 0 aromatic heterocycles. The molecule has 1 fully saturated rings. The normalized spacial score (nSPS) is 32.1. The van der Waals surface area contributed by atoms with Gasteiger partial charge in [0.2, 0.25) is 5.91 Å². The molecular weight excluding hydrogens is 239 g/mol. The summed E-state index contributed by atoms with van der Waals surface area (Å²) in [6, 6.07) is 0. The van der Waals surface area contributed by atoms with Gasteiger partial charge in [0, 0.05) is 6.42 Å². The number of hydrogen-bond acceptors (Lipinski definition) is 2. The maximum Gasteiger partial charge on any atom is 0.461 e. The minimum absolute atomic E-state index is 0.203. The van der Waals surface area contributed by atoms with Gasteiger partial charge >= 0.3 is 5.51 Å². The third kappa shape index (κ3) is 2.93. The molecule has 90 valence electrons. The topological polar surface area (TPSA) is 29.1 Å². The maximum atomic E-state index is 11.8. The number of alkyl halides is 3. The van der Waals surface area contributed by atoms with Crippen LogP contribution < -0.4 is 4.72 Å². The molecule has 2 rings (SSSR count). The second kappa shape index (κ2) is 4.31. The van der Waals surface area contributed by atoms with Gasteiger partial charge in [-0.25, -0.2) is 0 Å². The van der Waals surface area contributed by atoms with E-state index in [1.807, 2.05) is 4.72 Å². The van der Waals surface area contributed by atoms with Gasteiger partial charge in [0.25, 0.3) is 0 Å². The van der Waals surface area contributed by atoms with Crippen LogP contribution in [-0.4, -0.2) is 11.4 Å². The van der Waals surface area contributed by atoms with Crippen molar-refractivity contribution in [2.45, 2.75) is 24.8 Å². The van der Waals surface area contributed by atoms with E-state index in [-0.39, 0.29) is 12.3 Å². The number of rotatable bonds is 3. The highest BCUT2D eigenvalue weighted by Crippen LogP contribution is 2.44. The number of fused-ring (bicyclic) bond motifs is 2. The van der Waals surface area contributed by atoms with Crippen LogP contribution in [0.25, 0.3) is 0 Å². The van der Waals surface area contributed by atoms with Crippen LogP contribution in [0.3, 0.4) is 0 Å². The van der Waals surface area contributed by atoms with Crippen molar-refractivity contribution in [1.29, 1.82) is 0 Å². The second-order valence-corrected chi connectivity index (χ2v) is 5.19. The quantitative estimate of drug-likeness (QED) is 0.617. The summed E-state index contributed by atoms with van der Waals surface area (Å²) in [5, 5.41) is 0. The lowest BCUT2D eigenvalue weighted by Gasteiger charge is -2.17. The molecule has 0 heterocycles. The smallest absolute Gasteiger partial charge is 0.293 e. The highest BCUT2D eigenvalue weighted by molar-refractivity contribution is 7.98. The predicted molar refractivity (Wildman–Crippen MR) is 55.2 cm³/mol. The molecule has 2 aliphatic rings. The Balaban J connectivity index is 1.74. The Morgan fingerprint density at radius 3 is 2.62 bits per heavy atom. The molecule has 0 aliphatic heterocycles. The van der Waals surface area contributed by atoms with Gasteiger partial charge in [0.1, 0.15) is 0 Å². The molecule has 0 aromatic carbocycles. The van der Waals surface area contributed by atoms with Gasteiger partial charge in [0.05, 0.1) is 11.9 Å². The zero-order valence-electron chi connectivity index (χ0n) is 8.46. The summed E-state index contributed by atoms with van der Waals surface area (Å²) in [4.78, 5) is 11.3. The largest absolute Gasteiger partial charge is 0.461 e. The Morgan fingerprint density at radius 1 is 1.38 bits per heavy atom. The molecule has 2 bridgehead atoms. The Kier molecular flexibility index (Phi) is 3.19. The lowest BCUT2D eigenvalue weighted by molar-refractivity contribution is -0.120. The summed E-state index contributed by atoms with van der Waals surface area (Å²) in [5.41, 5.74) is -4.40. The van der Waals surface area contributed by atoms with E-state index >= 15 is 0 Å². The Bertz CT molecular complexity index is 316. The monoisotopic (exact) mass is 251 g/mol. The fourth-order valence-electron chi connectivity index (χ4n) is 2.52. The first-order valence-corrected chi connectivity index (χ1v) is 5.97. The molecule has 1 saturated carbocycles. The van der Waals surface area contributed by atoms with Crippen LogP contribution in [-0.2, 0) is 4.79 Å². The first kappa shape index (κ1) is 11.8. The van der Waals surface area contributed by atoms with Crippen LogP contribution in [0, 0.1) is 17.8 Å². The van der Waals surface area contributed by atoms with Crippen molar-refractivity contribution in [2.75, 3.05) is 0 Å². The summed E-state index contributed by atoms with van der Waals surface area (Å²) >= 11 is -0.472. The number of nitrogens with one attached hydrogen (secondary N) is 1. The molecule has 16 heavy (non-hydrogen) atoms. The SMILES string of the molecule is O=C(CC1CC2C=CC1C2)NSC(F)(F)F. The van der Waals surface area contributed by atoms with E-state index in [2.05, 4.69) is 12.2 Å². The van der Waals surface area contributed by atoms with E-state index in [0.717, 1.165) is 12.8 Å². The molecule has 1 amide bonds. The predicted octanol–water partition coefficient (Wildman–Crippen LogP) is 2.87. The molecule has 3 atom stereocenters. The first-order valence-electron chi connectivity index (χ1n) is 5.16. The summed E-state index contributed by atoms with van der Waals surface area (Å²) in [6.07, 6.45) is 6.43. The molecule has 0 aromatic rings. The zero-order chi connectivity index (χ0) is 11.8. The molecule has 0 saturated heterocycles. The molecule has 0 radical (unpaired) electrons. The van der Waals surface area contributed by atoms with Crippen LogP contribution in [0.15, 0.2) is 12.2 Å². The molecular formula is C10H12F3NOS. The highest BCUT2D eigenvalue weighted by atomic mass is 32.2. The average Bonchev–Trinajstić information content (AvgIpc) is 2.75. The molecule has 1 N–H and O–H groups in total. The lowest BCUT2D eigenvalue weighted by atomic mass is 9.90. The van der Waals surface area contributed by atoms with E-state index in [9.17, 15) is 18.0 Å². The van der Waals surface area contributed by atoms with Crippen LogP contribution in [0.2, 0.25) is 0 Å². The second-order valence-electron chi connectivity index (χ2n) is 4.32. The minimum atomic E-state index is -4.40. The number of carbonyl (C=O) groups excluding carboxylic acids is 1. The third-order valence-corrected chi connectivity index (χ3v) is 3.71. The third-order valence-electron chi connectivity index (χ3n) is 3.14. The van der Waals surface area contributed by atoms with Crippen molar-refractivity contribution in [2.24, 2.45) is 17.8 Å². The Morgan fingerprint density at radius 2 is 2.12 bits per heavy atom. The average molecular weight is 251 g/mol. The van der Waals surface area contributed by atoms with Crippen molar-refractivity contribution in [3.63, 3.8) is 0 Å². The zero-order valence-corrected chi connectivity index (χ0v) is 9.27. The Hall–Kier alpha value is -0.650. The van der Waals surface area contributed by atoms with Gasteiger partial charge in [-0.1, -0.05) is 12.2 Å². The van der Waals surface area contributed by atoms with E-state index in [1.165, 1.54) is 0 Å². The van der Waals surface area contributed by atoms with E-state index in [1.54, 1.807) is 0 Å². The minimum Gasteiger partial charge on any atom is -0.293 e. The van der Waals surface area contributed by atoms with Gasteiger partial charge < -0.3 is 0 Å². The standard InChI is InChI=1S/C10H12F3NOS/c11-10(12,13)16-14-9(15)5-8-4-6-1-2-7(8)3-6/h1-2,6-8H,3-5H2,(H,14,15). The fourth-order valence-corrected chi connectivity index (χ4v) is 2.84. The van der Waals surface area contributed by atoms with E-state index in [4.69, 9.17) is 0 Å². The van der Waals surface area contributed by atoms with Crippen molar-refractivity contribution < 1.29 is 18.0 Å². The van der Waals surface area contributed by atoms with Gasteiger partial charge in [-0.05, 0) is 30.6 Å². The molecule has 0 spiro atoms. The number of halogens is 3. The lowest BCUT2D eigenvalue weighted by Crippen LogP contribution is -2.24. The van der Waals surface area contributed by atoms with Crippen molar-refractivity contribution in [3.05, 3.63) is 12.2 Å². The highest BCUT2D eigenvalue weighted by Gasteiger charge is 2.37. The number of allylic oxidation sites excluding steroid dienone is 2. The number of hydrogen-bond donors (Lipinski definition) is 1. The summed E-state index contributed by atoms with van der Waals surface area (Å²) in [5.74, 6) is 0.641. The Labute approximate surface area is 95.8 Å². The molecule has 6 heteroatoms. The maximum absolute atomic E-state index is 11.8. The molecule has 3 unspecified atom stereocenters. The molecule has 2 aliphatic carbocycles. The van der Waals surface area contributed by atoms with E-state index < -0.39 is 23.4 Å². The van der Waals surface area contributed by atoms with Crippen LogP contribution in [0.4, 0.5) is 13.2 Å². The van der Waals surface area contributed by atoms with Crippen molar-refractivity contribution >= 4 is 17.9 Å². The summed E-state index contributed by atoms with van der Waals surface area (Å²) < 4.78 is 37.3. The summed E-state index contributed by atoms with van der Waals surface area (Å²) in [7, 11) is 0. The van der Waals surface area contributed by atoms with Crippen LogP contribution in [0.5, 0.6) is 0 Å². The first-order chi connectivity index (χ1) is 7.44. The van der Waals surface area contributed by atoms with Crippen molar-refractivity contribution in [3.8, 4) is 0 Å². The van der Waals surface area contributed by atoms with Gasteiger partial charge in [-0.3, -0.25) is 9.52 Å². The van der Waals surface area contributed by atoms with E-state index in [0.29, 0.717) is 11.8 Å². The van der Waals surface area contributed by atoms with Crippen LogP contribution in [0.1, 0.15) is 19.3 Å².